The lowest BCUT2D eigenvalue weighted by atomic mass is 10.2. The average Bonchev–Trinajstić information content (AvgIpc) is 2.34. The van der Waals surface area contributed by atoms with Gasteiger partial charge in [0, 0.05) is 9.45 Å². The maximum absolute atomic E-state index is 12.4. The molecule has 1 aromatic rings. The van der Waals surface area contributed by atoms with Crippen molar-refractivity contribution in [2.45, 2.75) is 26.4 Å². The van der Waals surface area contributed by atoms with E-state index in [0.717, 1.165) is 14.8 Å². The van der Waals surface area contributed by atoms with E-state index in [9.17, 15) is 4.79 Å². The van der Waals surface area contributed by atoms with Crippen molar-refractivity contribution in [3.8, 4) is 0 Å². The minimum Gasteiger partial charge on any atom is -0.443 e. The number of hydrogen-bond donors (Lipinski definition) is 0. The molecule has 1 rings (SSSR count). The highest BCUT2D eigenvalue weighted by Gasteiger charge is 2.24. The number of benzene rings is 1. The summed E-state index contributed by atoms with van der Waals surface area (Å²) in [5.41, 5.74) is 1.02. The van der Waals surface area contributed by atoms with Crippen LogP contribution in [0.3, 0.4) is 0 Å². The molecule has 0 aliphatic carbocycles. The average molecular weight is 408 g/mol. The Morgan fingerprint density at radius 2 is 2.00 bits per heavy atom. The number of amides is 1. The Morgan fingerprint density at radius 3 is 2.50 bits per heavy atom. The van der Waals surface area contributed by atoms with Crippen molar-refractivity contribution in [3.05, 3.63) is 40.0 Å². The van der Waals surface area contributed by atoms with Gasteiger partial charge in [-0.25, -0.2) is 4.79 Å². The van der Waals surface area contributed by atoms with Crippen LogP contribution in [0.2, 0.25) is 0 Å². The largest absolute Gasteiger partial charge is 0.443 e. The highest BCUT2D eigenvalue weighted by Crippen LogP contribution is 2.25. The van der Waals surface area contributed by atoms with Crippen LogP contribution in [0.1, 0.15) is 20.8 Å². The first kappa shape index (κ1) is 17.3. The van der Waals surface area contributed by atoms with E-state index in [1.165, 1.54) is 0 Å². The fraction of sp³-hybridized carbons (Fsp3) is 0.400. The number of nitrogens with zero attached hydrogens (tertiary/aromatic N) is 1. The van der Waals surface area contributed by atoms with Gasteiger partial charge in [0.25, 0.3) is 0 Å². The summed E-state index contributed by atoms with van der Waals surface area (Å²) in [4.78, 5) is 13.9. The van der Waals surface area contributed by atoms with Crippen molar-refractivity contribution in [1.29, 1.82) is 0 Å². The van der Waals surface area contributed by atoms with Crippen molar-refractivity contribution in [2.24, 2.45) is 0 Å². The number of hydrogen-bond acceptors (Lipinski definition) is 2. The molecule has 0 unspecified atom stereocenters. The molecule has 0 heterocycles. The van der Waals surface area contributed by atoms with Gasteiger partial charge in [-0.2, -0.15) is 0 Å². The van der Waals surface area contributed by atoms with Gasteiger partial charge in [-0.1, -0.05) is 18.7 Å². The van der Waals surface area contributed by atoms with Gasteiger partial charge in [-0.15, -0.1) is 11.6 Å². The van der Waals surface area contributed by atoms with Gasteiger partial charge in [0.2, 0.25) is 0 Å². The van der Waals surface area contributed by atoms with Gasteiger partial charge < -0.3 is 4.74 Å². The number of anilines is 1. The molecular weight excluding hydrogens is 389 g/mol. The summed E-state index contributed by atoms with van der Waals surface area (Å²) >= 11 is 7.97. The summed E-state index contributed by atoms with van der Waals surface area (Å²) in [7, 11) is 0. The van der Waals surface area contributed by atoms with Crippen molar-refractivity contribution >= 4 is 46.0 Å². The Bertz CT molecular complexity index is 497. The molecule has 0 N–H and O–H groups in total. The van der Waals surface area contributed by atoms with Gasteiger partial charge >= 0.3 is 6.09 Å². The number of alkyl halides is 1. The third-order valence-electron chi connectivity index (χ3n) is 2.33. The second kappa shape index (κ2) is 7.31. The second-order valence-electron chi connectivity index (χ2n) is 5.40. The van der Waals surface area contributed by atoms with E-state index < -0.39 is 11.7 Å². The fourth-order valence-electron chi connectivity index (χ4n) is 1.50. The number of rotatable bonds is 4. The summed E-state index contributed by atoms with van der Waals surface area (Å²) in [6.45, 7) is 9.74. The standard InChI is InChI=1S/C15H19ClINO2/c1-11(9-16)10-18(14(19)20-15(2,3)4)13-8-6-5-7-12(13)17/h5-8H,1,9-10H2,2-4H3. The molecule has 0 radical (unpaired) electrons. The molecule has 0 atom stereocenters. The molecule has 0 aromatic heterocycles. The predicted molar refractivity (Wildman–Crippen MR) is 92.6 cm³/mol. The topological polar surface area (TPSA) is 29.5 Å². The SMILES string of the molecule is C=C(CCl)CN(C(=O)OC(C)(C)C)c1ccccc1I. The highest BCUT2D eigenvalue weighted by molar-refractivity contribution is 14.1. The van der Waals surface area contributed by atoms with Crippen LogP contribution >= 0.6 is 34.2 Å². The maximum Gasteiger partial charge on any atom is 0.415 e. The molecule has 1 amide bonds. The summed E-state index contributed by atoms with van der Waals surface area (Å²) in [5.74, 6) is 0.308. The Kier molecular flexibility index (Phi) is 6.33. The van der Waals surface area contributed by atoms with E-state index in [1.54, 1.807) is 4.90 Å². The van der Waals surface area contributed by atoms with E-state index >= 15 is 0 Å². The molecule has 0 aliphatic heterocycles. The van der Waals surface area contributed by atoms with E-state index in [0.29, 0.717) is 12.4 Å². The highest BCUT2D eigenvalue weighted by atomic mass is 127. The summed E-state index contributed by atoms with van der Waals surface area (Å²) < 4.78 is 6.42. The smallest absolute Gasteiger partial charge is 0.415 e. The molecule has 0 fully saturated rings. The first-order valence-electron chi connectivity index (χ1n) is 6.22. The molecule has 3 nitrogen and oxygen atoms in total. The van der Waals surface area contributed by atoms with Crippen molar-refractivity contribution in [1.82, 2.24) is 0 Å². The van der Waals surface area contributed by atoms with Crippen LogP contribution in [0.5, 0.6) is 0 Å². The van der Waals surface area contributed by atoms with E-state index in [1.807, 2.05) is 45.0 Å². The van der Waals surface area contributed by atoms with Crippen LogP contribution in [-0.4, -0.2) is 24.1 Å². The molecule has 0 saturated carbocycles. The van der Waals surface area contributed by atoms with Crippen LogP contribution in [0.4, 0.5) is 10.5 Å². The first-order valence-corrected chi connectivity index (χ1v) is 7.83. The molecule has 0 aliphatic rings. The zero-order valence-electron chi connectivity index (χ0n) is 12.0. The van der Waals surface area contributed by atoms with E-state index in [4.69, 9.17) is 16.3 Å². The Morgan fingerprint density at radius 1 is 1.40 bits per heavy atom. The molecule has 5 heteroatoms. The number of carbonyl (C=O) groups is 1. The van der Waals surface area contributed by atoms with Crippen molar-refractivity contribution < 1.29 is 9.53 Å². The minimum atomic E-state index is -0.544. The van der Waals surface area contributed by atoms with Crippen LogP contribution in [0.25, 0.3) is 0 Å². The van der Waals surface area contributed by atoms with Gasteiger partial charge in [0.05, 0.1) is 12.2 Å². The first-order chi connectivity index (χ1) is 9.24. The Hall–Kier alpha value is -0.750. The van der Waals surface area contributed by atoms with Gasteiger partial charge in [0.1, 0.15) is 5.60 Å². The molecule has 110 valence electrons. The normalized spacial score (nSPS) is 11.1. The number of para-hydroxylation sites is 1. The lowest BCUT2D eigenvalue weighted by Crippen LogP contribution is -2.38. The molecule has 1 aromatic carbocycles. The van der Waals surface area contributed by atoms with Crippen LogP contribution in [0, 0.1) is 3.57 Å². The quantitative estimate of drug-likeness (QED) is 0.406. The van der Waals surface area contributed by atoms with Gasteiger partial charge in [-0.05, 0) is 61.1 Å². The van der Waals surface area contributed by atoms with Gasteiger partial charge in [0.15, 0.2) is 0 Å². The fourth-order valence-corrected chi connectivity index (χ4v) is 2.26. The van der Waals surface area contributed by atoms with Crippen LogP contribution in [-0.2, 0) is 4.74 Å². The lowest BCUT2D eigenvalue weighted by Gasteiger charge is -2.28. The third kappa shape index (κ3) is 5.32. The van der Waals surface area contributed by atoms with Gasteiger partial charge in [-0.3, -0.25) is 4.90 Å². The van der Waals surface area contributed by atoms with Crippen LogP contribution < -0.4 is 4.90 Å². The number of ether oxygens (including phenoxy) is 1. The van der Waals surface area contributed by atoms with E-state index in [2.05, 4.69) is 29.2 Å². The van der Waals surface area contributed by atoms with Crippen LogP contribution in [0.15, 0.2) is 36.4 Å². The summed E-state index contributed by atoms with van der Waals surface area (Å²) in [5, 5.41) is 0. The molecule has 20 heavy (non-hydrogen) atoms. The Labute approximate surface area is 139 Å². The van der Waals surface area contributed by atoms with E-state index in [-0.39, 0.29) is 0 Å². The predicted octanol–water partition coefficient (Wildman–Crippen LogP) is 4.83. The minimum absolute atomic E-state index is 0.308. The molecule has 0 spiro atoms. The summed E-state index contributed by atoms with van der Waals surface area (Å²) in [6.07, 6.45) is -0.395. The zero-order chi connectivity index (χ0) is 15.3. The monoisotopic (exact) mass is 407 g/mol. The van der Waals surface area contributed by atoms with Crippen molar-refractivity contribution in [2.75, 3.05) is 17.3 Å². The number of carbonyl (C=O) groups excluding carboxylic acids is 1. The molecular formula is C15H19ClINO2. The second-order valence-corrected chi connectivity index (χ2v) is 6.83. The van der Waals surface area contributed by atoms with Crippen molar-refractivity contribution in [3.63, 3.8) is 0 Å². The maximum atomic E-state index is 12.4. The lowest BCUT2D eigenvalue weighted by molar-refractivity contribution is 0.0583. The molecule has 0 bridgehead atoms. The third-order valence-corrected chi connectivity index (χ3v) is 3.62. The summed E-state index contributed by atoms with van der Waals surface area (Å²) in [6, 6.07) is 7.64. The Balaban J connectivity index is 3.06. The zero-order valence-corrected chi connectivity index (χ0v) is 14.9. The molecule has 0 saturated heterocycles. The number of halogens is 2.